The zero-order chi connectivity index (χ0) is 14.1. The number of hydrogen-bond donors (Lipinski definition) is 1. The van der Waals surface area contributed by atoms with Gasteiger partial charge in [-0.25, -0.2) is 0 Å². The van der Waals surface area contributed by atoms with Crippen LogP contribution in [0, 0.1) is 6.92 Å². The second kappa shape index (κ2) is 9.08. The molecule has 0 fully saturated rings. The minimum Gasteiger partial charge on any atom is -0.379 e. The van der Waals surface area contributed by atoms with Crippen LogP contribution in [0.25, 0.3) is 0 Å². The SMILES string of the molecule is CCCCOCCOC(C)C(N)c1ccc(C)cc1. The van der Waals surface area contributed by atoms with E-state index in [1.807, 2.05) is 6.92 Å². The summed E-state index contributed by atoms with van der Waals surface area (Å²) in [5, 5.41) is 0. The van der Waals surface area contributed by atoms with Crippen LogP contribution >= 0.6 is 0 Å². The molecule has 3 nitrogen and oxygen atoms in total. The van der Waals surface area contributed by atoms with Crippen molar-refractivity contribution in [2.45, 2.75) is 45.8 Å². The number of nitrogens with two attached hydrogens (primary N) is 1. The summed E-state index contributed by atoms with van der Waals surface area (Å²) in [6.07, 6.45) is 2.27. The average molecular weight is 265 g/mol. The topological polar surface area (TPSA) is 44.5 Å². The van der Waals surface area contributed by atoms with Gasteiger partial charge in [0.05, 0.1) is 25.4 Å². The van der Waals surface area contributed by atoms with Gasteiger partial charge in [0.25, 0.3) is 0 Å². The van der Waals surface area contributed by atoms with Crippen LogP contribution in [0.5, 0.6) is 0 Å². The van der Waals surface area contributed by atoms with Crippen LogP contribution in [0.4, 0.5) is 0 Å². The van der Waals surface area contributed by atoms with Crippen LogP contribution in [0.15, 0.2) is 24.3 Å². The number of unbranched alkanes of at least 4 members (excludes halogenated alkanes) is 1. The highest BCUT2D eigenvalue weighted by Gasteiger charge is 2.14. The molecule has 0 saturated carbocycles. The Kier molecular flexibility index (Phi) is 7.72. The Balaban J connectivity index is 2.25. The summed E-state index contributed by atoms with van der Waals surface area (Å²) in [5.41, 5.74) is 8.55. The summed E-state index contributed by atoms with van der Waals surface area (Å²) in [6, 6.07) is 8.21. The van der Waals surface area contributed by atoms with Crippen molar-refractivity contribution in [2.24, 2.45) is 5.73 Å². The highest BCUT2D eigenvalue weighted by atomic mass is 16.5. The molecule has 3 heteroatoms. The van der Waals surface area contributed by atoms with Crippen LogP contribution in [0.1, 0.15) is 43.9 Å². The van der Waals surface area contributed by atoms with E-state index >= 15 is 0 Å². The van der Waals surface area contributed by atoms with Gasteiger partial charge in [0, 0.05) is 6.61 Å². The van der Waals surface area contributed by atoms with E-state index in [2.05, 4.69) is 38.1 Å². The van der Waals surface area contributed by atoms with Gasteiger partial charge >= 0.3 is 0 Å². The number of hydrogen-bond acceptors (Lipinski definition) is 3. The molecule has 19 heavy (non-hydrogen) atoms. The third-order valence-electron chi connectivity index (χ3n) is 3.22. The summed E-state index contributed by atoms with van der Waals surface area (Å²) in [5.74, 6) is 0. The summed E-state index contributed by atoms with van der Waals surface area (Å²) in [4.78, 5) is 0. The Hall–Kier alpha value is -0.900. The Morgan fingerprint density at radius 3 is 2.42 bits per heavy atom. The lowest BCUT2D eigenvalue weighted by atomic mass is 10.0. The third-order valence-corrected chi connectivity index (χ3v) is 3.22. The van der Waals surface area contributed by atoms with Gasteiger partial charge in [-0.05, 0) is 25.8 Å². The van der Waals surface area contributed by atoms with E-state index in [4.69, 9.17) is 15.2 Å². The predicted octanol–water partition coefficient (Wildman–Crippen LogP) is 3.22. The quantitative estimate of drug-likeness (QED) is 0.697. The van der Waals surface area contributed by atoms with Crippen LogP contribution in [-0.2, 0) is 9.47 Å². The Morgan fingerprint density at radius 2 is 1.79 bits per heavy atom. The molecule has 1 aromatic carbocycles. The average Bonchev–Trinajstić information content (AvgIpc) is 2.42. The van der Waals surface area contributed by atoms with Crippen LogP contribution in [0.2, 0.25) is 0 Å². The molecule has 2 unspecified atom stereocenters. The Bertz CT molecular complexity index is 337. The zero-order valence-corrected chi connectivity index (χ0v) is 12.4. The molecule has 0 amide bonds. The molecule has 2 N–H and O–H groups in total. The normalized spacial score (nSPS) is 14.3. The molecule has 0 aliphatic carbocycles. The van der Waals surface area contributed by atoms with E-state index in [1.54, 1.807) is 0 Å². The second-order valence-electron chi connectivity index (χ2n) is 4.98. The molecule has 2 atom stereocenters. The van der Waals surface area contributed by atoms with Gasteiger partial charge in [0.15, 0.2) is 0 Å². The molecule has 1 aromatic rings. The van der Waals surface area contributed by atoms with E-state index in [0.717, 1.165) is 25.0 Å². The summed E-state index contributed by atoms with van der Waals surface area (Å²) < 4.78 is 11.2. The molecule has 108 valence electrons. The lowest BCUT2D eigenvalue weighted by Crippen LogP contribution is -2.27. The minimum atomic E-state index is -0.0868. The molecule has 0 bridgehead atoms. The molecular weight excluding hydrogens is 238 g/mol. The van der Waals surface area contributed by atoms with Gasteiger partial charge < -0.3 is 15.2 Å². The standard InChI is InChI=1S/C16H27NO2/c1-4-5-10-18-11-12-19-14(3)16(17)15-8-6-13(2)7-9-15/h6-9,14,16H,4-5,10-12,17H2,1-3H3. The Labute approximate surface area is 117 Å². The van der Waals surface area contributed by atoms with Crippen LogP contribution in [0.3, 0.4) is 0 Å². The molecule has 0 radical (unpaired) electrons. The van der Waals surface area contributed by atoms with Crippen LogP contribution in [-0.4, -0.2) is 25.9 Å². The molecule has 0 aromatic heterocycles. The third kappa shape index (κ3) is 6.19. The fourth-order valence-corrected chi connectivity index (χ4v) is 1.80. The summed E-state index contributed by atoms with van der Waals surface area (Å²) in [6.45, 7) is 8.30. The van der Waals surface area contributed by atoms with Crippen molar-refractivity contribution in [3.8, 4) is 0 Å². The molecule has 0 heterocycles. The number of aryl methyl sites for hydroxylation is 1. The van der Waals surface area contributed by atoms with E-state index < -0.39 is 0 Å². The van der Waals surface area contributed by atoms with Gasteiger partial charge in [-0.1, -0.05) is 43.2 Å². The maximum atomic E-state index is 6.19. The highest BCUT2D eigenvalue weighted by molar-refractivity contribution is 5.24. The van der Waals surface area contributed by atoms with Gasteiger partial charge in [-0.2, -0.15) is 0 Å². The minimum absolute atomic E-state index is 0.00233. The first-order valence-electron chi connectivity index (χ1n) is 7.16. The van der Waals surface area contributed by atoms with Crippen molar-refractivity contribution < 1.29 is 9.47 Å². The fourth-order valence-electron chi connectivity index (χ4n) is 1.80. The predicted molar refractivity (Wildman–Crippen MR) is 79.2 cm³/mol. The van der Waals surface area contributed by atoms with Crippen molar-refractivity contribution in [3.05, 3.63) is 35.4 Å². The van der Waals surface area contributed by atoms with Crippen molar-refractivity contribution in [3.63, 3.8) is 0 Å². The maximum absolute atomic E-state index is 6.19. The largest absolute Gasteiger partial charge is 0.379 e. The summed E-state index contributed by atoms with van der Waals surface area (Å²) >= 11 is 0. The molecule has 1 rings (SSSR count). The van der Waals surface area contributed by atoms with E-state index in [1.165, 1.54) is 5.56 Å². The van der Waals surface area contributed by atoms with Crippen molar-refractivity contribution in [1.82, 2.24) is 0 Å². The zero-order valence-electron chi connectivity index (χ0n) is 12.4. The smallest absolute Gasteiger partial charge is 0.0740 e. The lowest BCUT2D eigenvalue weighted by Gasteiger charge is -2.21. The molecule has 0 saturated heterocycles. The van der Waals surface area contributed by atoms with E-state index in [0.29, 0.717) is 13.2 Å². The maximum Gasteiger partial charge on any atom is 0.0740 e. The first-order valence-corrected chi connectivity index (χ1v) is 7.16. The lowest BCUT2D eigenvalue weighted by molar-refractivity contribution is 0.00151. The van der Waals surface area contributed by atoms with Crippen molar-refractivity contribution >= 4 is 0 Å². The number of rotatable bonds is 9. The van der Waals surface area contributed by atoms with E-state index in [-0.39, 0.29) is 12.1 Å². The van der Waals surface area contributed by atoms with Gasteiger partial charge in [0.2, 0.25) is 0 Å². The fraction of sp³-hybridized carbons (Fsp3) is 0.625. The van der Waals surface area contributed by atoms with Crippen LogP contribution < -0.4 is 5.73 Å². The molecule has 0 spiro atoms. The second-order valence-corrected chi connectivity index (χ2v) is 4.98. The van der Waals surface area contributed by atoms with E-state index in [9.17, 15) is 0 Å². The van der Waals surface area contributed by atoms with Gasteiger partial charge in [0.1, 0.15) is 0 Å². The first-order chi connectivity index (χ1) is 9.15. The monoisotopic (exact) mass is 265 g/mol. The molecule has 0 aliphatic rings. The summed E-state index contributed by atoms with van der Waals surface area (Å²) in [7, 11) is 0. The Morgan fingerprint density at radius 1 is 1.11 bits per heavy atom. The van der Waals surface area contributed by atoms with Crippen molar-refractivity contribution in [2.75, 3.05) is 19.8 Å². The highest BCUT2D eigenvalue weighted by Crippen LogP contribution is 2.17. The number of ether oxygens (including phenoxy) is 2. The molecular formula is C16H27NO2. The first kappa shape index (κ1) is 16.2. The molecule has 0 aliphatic heterocycles. The van der Waals surface area contributed by atoms with Gasteiger partial charge in [-0.3, -0.25) is 0 Å². The van der Waals surface area contributed by atoms with Gasteiger partial charge in [-0.15, -0.1) is 0 Å². The number of benzene rings is 1. The van der Waals surface area contributed by atoms with Crippen molar-refractivity contribution in [1.29, 1.82) is 0 Å².